The van der Waals surface area contributed by atoms with E-state index in [-0.39, 0.29) is 0 Å². The first-order chi connectivity index (χ1) is 10.3. The second-order valence-electron chi connectivity index (χ2n) is 5.68. The molecule has 1 unspecified atom stereocenters. The van der Waals surface area contributed by atoms with E-state index in [1.807, 2.05) is 6.92 Å². The zero-order valence-corrected chi connectivity index (χ0v) is 16.3. The highest BCUT2D eigenvalue weighted by molar-refractivity contribution is 8.05. The Morgan fingerprint density at radius 2 is 1.73 bits per heavy atom. The summed E-state index contributed by atoms with van der Waals surface area (Å²) < 4.78 is 0. The monoisotopic (exact) mass is 319 g/mol. The highest BCUT2D eigenvalue weighted by atomic mass is 32.2. The van der Waals surface area contributed by atoms with Gasteiger partial charge < -0.3 is 4.90 Å². The molecule has 0 aliphatic carbocycles. The van der Waals surface area contributed by atoms with Gasteiger partial charge in [0.25, 0.3) is 0 Å². The third-order valence-corrected chi connectivity index (χ3v) is 4.71. The van der Waals surface area contributed by atoms with E-state index in [1.54, 1.807) is 11.8 Å². The average Bonchev–Trinajstić information content (AvgIpc) is 2.49. The van der Waals surface area contributed by atoms with E-state index in [1.165, 1.54) is 16.7 Å². The van der Waals surface area contributed by atoms with Crippen molar-refractivity contribution >= 4 is 11.8 Å². The molecule has 0 N–H and O–H groups in total. The molecular formula is C20H33NS. The van der Waals surface area contributed by atoms with E-state index in [4.69, 9.17) is 0 Å². The number of allylic oxidation sites excluding steroid dienone is 6. The predicted octanol–water partition coefficient (Wildman–Crippen LogP) is 6.68. The maximum Gasteiger partial charge on any atom is 0.0325 e. The van der Waals surface area contributed by atoms with E-state index in [0.717, 1.165) is 23.6 Å². The van der Waals surface area contributed by atoms with Gasteiger partial charge in [-0.05, 0) is 75.0 Å². The van der Waals surface area contributed by atoms with Crippen molar-refractivity contribution < 1.29 is 0 Å². The predicted molar refractivity (Wildman–Crippen MR) is 105 cm³/mol. The molecule has 0 saturated carbocycles. The fourth-order valence-electron chi connectivity index (χ4n) is 2.21. The summed E-state index contributed by atoms with van der Waals surface area (Å²) in [6.07, 6.45) is 5.52. The van der Waals surface area contributed by atoms with Crippen molar-refractivity contribution in [1.82, 2.24) is 4.90 Å². The molecule has 0 saturated heterocycles. The van der Waals surface area contributed by atoms with Crippen molar-refractivity contribution in [3.63, 3.8) is 0 Å². The summed E-state index contributed by atoms with van der Waals surface area (Å²) in [7, 11) is 0. The van der Waals surface area contributed by atoms with Crippen LogP contribution in [0.4, 0.5) is 0 Å². The Kier molecular flexibility index (Phi) is 10.0. The van der Waals surface area contributed by atoms with Crippen molar-refractivity contribution in [3.05, 3.63) is 58.0 Å². The standard InChI is InChI=1S/C20H33NS/c1-10-18(8)21(12-3)19(9)16(6)13-20(11-2)17(7)14-22-15(4)5/h11,13-14,18H,4,9-10,12H2,1-3,5-8H3/b16-13+,17-14+,20-11+. The van der Waals surface area contributed by atoms with Gasteiger partial charge in [-0.3, -0.25) is 0 Å². The number of rotatable bonds is 9. The van der Waals surface area contributed by atoms with Gasteiger partial charge in [-0.15, -0.1) is 11.8 Å². The molecule has 0 amide bonds. The minimum absolute atomic E-state index is 0.519. The lowest BCUT2D eigenvalue weighted by Gasteiger charge is -2.31. The molecule has 0 heterocycles. The minimum Gasteiger partial charge on any atom is -0.369 e. The van der Waals surface area contributed by atoms with Gasteiger partial charge in [0.1, 0.15) is 0 Å². The molecule has 0 fully saturated rings. The lowest BCUT2D eigenvalue weighted by molar-refractivity contribution is 0.280. The SMILES string of the molecule is C=C(C)S/C=C(C)/C(/C=C(\C)C(=C)N(CC)C(C)CC)=C/C. The summed E-state index contributed by atoms with van der Waals surface area (Å²) in [6, 6.07) is 0.519. The second kappa shape index (κ2) is 10.6. The van der Waals surface area contributed by atoms with Crippen LogP contribution in [-0.2, 0) is 0 Å². The van der Waals surface area contributed by atoms with Crippen molar-refractivity contribution in [2.75, 3.05) is 6.54 Å². The van der Waals surface area contributed by atoms with Crippen molar-refractivity contribution in [2.24, 2.45) is 0 Å². The molecule has 0 aromatic rings. The molecule has 0 aliphatic heterocycles. The van der Waals surface area contributed by atoms with E-state index >= 15 is 0 Å². The maximum atomic E-state index is 4.31. The van der Waals surface area contributed by atoms with Crippen molar-refractivity contribution in [2.45, 2.75) is 60.9 Å². The highest BCUT2D eigenvalue weighted by Gasteiger charge is 2.13. The van der Waals surface area contributed by atoms with Crippen LogP contribution in [0.5, 0.6) is 0 Å². The van der Waals surface area contributed by atoms with Crippen LogP contribution in [0.15, 0.2) is 58.0 Å². The first-order valence-electron chi connectivity index (χ1n) is 8.08. The first kappa shape index (κ1) is 20.9. The summed E-state index contributed by atoms with van der Waals surface area (Å²) in [4.78, 5) is 3.48. The van der Waals surface area contributed by atoms with Gasteiger partial charge >= 0.3 is 0 Å². The van der Waals surface area contributed by atoms with Gasteiger partial charge in [-0.25, -0.2) is 0 Å². The Labute approximate surface area is 142 Å². The normalized spacial score (nSPS) is 14.8. The van der Waals surface area contributed by atoms with Crippen molar-refractivity contribution in [3.8, 4) is 0 Å². The molecule has 1 nitrogen and oxygen atoms in total. The molecule has 1 atom stereocenters. The van der Waals surface area contributed by atoms with Crippen molar-refractivity contribution in [1.29, 1.82) is 0 Å². The summed E-state index contributed by atoms with van der Waals surface area (Å²) in [5, 5.41) is 2.16. The van der Waals surface area contributed by atoms with Crippen LogP contribution >= 0.6 is 11.8 Å². The Balaban J connectivity index is 5.26. The number of hydrogen-bond donors (Lipinski definition) is 0. The van der Waals surface area contributed by atoms with Crippen LogP contribution in [0.1, 0.15) is 54.9 Å². The molecule has 2 heteroatoms. The van der Waals surface area contributed by atoms with E-state index < -0.39 is 0 Å². The fraction of sp³-hybridized carbons (Fsp3) is 0.500. The quantitative estimate of drug-likeness (QED) is 0.436. The lowest BCUT2D eigenvalue weighted by atomic mass is 10.0. The molecule has 0 bridgehead atoms. The highest BCUT2D eigenvalue weighted by Crippen LogP contribution is 2.24. The molecule has 0 aliphatic rings. The summed E-state index contributed by atoms with van der Waals surface area (Å²) >= 11 is 1.68. The lowest BCUT2D eigenvalue weighted by Crippen LogP contribution is -2.31. The summed E-state index contributed by atoms with van der Waals surface area (Å²) in [6.45, 7) is 24.3. The van der Waals surface area contributed by atoms with Gasteiger partial charge in [0.2, 0.25) is 0 Å². The van der Waals surface area contributed by atoms with Gasteiger partial charge in [-0.1, -0.05) is 32.2 Å². The zero-order chi connectivity index (χ0) is 17.3. The number of hydrogen-bond acceptors (Lipinski definition) is 2. The third kappa shape index (κ3) is 6.74. The largest absolute Gasteiger partial charge is 0.369 e. The van der Waals surface area contributed by atoms with Gasteiger partial charge in [-0.2, -0.15) is 0 Å². The number of likely N-dealkylation sites (N-methyl/N-ethyl adjacent to an activating group) is 1. The smallest absolute Gasteiger partial charge is 0.0325 e. The summed E-state index contributed by atoms with van der Waals surface area (Å²) in [5.41, 5.74) is 4.85. The Morgan fingerprint density at radius 1 is 1.14 bits per heavy atom. The molecule has 0 aromatic carbocycles. The molecule has 0 aromatic heterocycles. The molecule has 0 spiro atoms. The van der Waals surface area contributed by atoms with Crippen LogP contribution in [0, 0.1) is 0 Å². The fourth-order valence-corrected chi connectivity index (χ4v) is 2.73. The first-order valence-corrected chi connectivity index (χ1v) is 8.96. The van der Waals surface area contributed by atoms with E-state index in [0.29, 0.717) is 6.04 Å². The molecule has 124 valence electrons. The minimum atomic E-state index is 0.519. The maximum absolute atomic E-state index is 4.31. The van der Waals surface area contributed by atoms with Crippen LogP contribution in [0.25, 0.3) is 0 Å². The van der Waals surface area contributed by atoms with Gasteiger partial charge in [0.05, 0.1) is 0 Å². The van der Waals surface area contributed by atoms with Crippen LogP contribution in [0.3, 0.4) is 0 Å². The molecule has 22 heavy (non-hydrogen) atoms. The van der Waals surface area contributed by atoms with E-state index in [9.17, 15) is 0 Å². The molecule has 0 rings (SSSR count). The molecular weight excluding hydrogens is 286 g/mol. The third-order valence-electron chi connectivity index (χ3n) is 3.84. The van der Waals surface area contributed by atoms with E-state index in [2.05, 4.69) is 77.2 Å². The Morgan fingerprint density at radius 3 is 2.14 bits per heavy atom. The summed E-state index contributed by atoms with van der Waals surface area (Å²) in [5.74, 6) is 0. The molecule has 0 radical (unpaired) electrons. The number of nitrogens with zero attached hydrogens (tertiary/aromatic N) is 1. The average molecular weight is 320 g/mol. The van der Waals surface area contributed by atoms with Crippen LogP contribution in [0.2, 0.25) is 0 Å². The Hall–Kier alpha value is -1.15. The number of thioether (sulfide) groups is 1. The van der Waals surface area contributed by atoms with Crippen LogP contribution in [-0.4, -0.2) is 17.5 Å². The zero-order valence-electron chi connectivity index (χ0n) is 15.5. The topological polar surface area (TPSA) is 3.24 Å². The Bertz CT molecular complexity index is 480. The van der Waals surface area contributed by atoms with Gasteiger partial charge in [0.15, 0.2) is 0 Å². The van der Waals surface area contributed by atoms with Gasteiger partial charge in [0, 0.05) is 18.3 Å². The van der Waals surface area contributed by atoms with Crippen LogP contribution < -0.4 is 0 Å². The second-order valence-corrected chi connectivity index (χ2v) is 6.85.